The summed E-state index contributed by atoms with van der Waals surface area (Å²) in [4.78, 5) is 11.8. The minimum atomic E-state index is -1.45. The number of hydrogen-bond donors (Lipinski definition) is 5. The molecule has 0 spiro atoms. The zero-order valence-corrected chi connectivity index (χ0v) is 20.9. The molecule has 2 heterocycles. The molecule has 2 aromatic carbocycles. The predicted octanol–water partition coefficient (Wildman–Crippen LogP) is 1.37. The molecule has 1 fully saturated rings. The molecule has 1 aliphatic rings. The van der Waals surface area contributed by atoms with Crippen LogP contribution in [0.5, 0.6) is 0 Å². The van der Waals surface area contributed by atoms with Crippen molar-refractivity contribution >= 4 is 16.9 Å². The Morgan fingerprint density at radius 3 is 2.43 bits per heavy atom. The first-order valence-corrected chi connectivity index (χ1v) is 12.6. The van der Waals surface area contributed by atoms with Crippen molar-refractivity contribution in [3.05, 3.63) is 70.9 Å². The maximum absolute atomic E-state index is 11.8. The number of aryl methyl sites for hydroxylation is 2. The van der Waals surface area contributed by atoms with E-state index < -0.39 is 37.1 Å². The standard InChI is InChI=1S/C28H35NO8/c1-17-4-2-5-20-21(28-27(35)26(34)25(33)22(16-31)37-28)15-29(24(17)20)14-19-8-6-18(7-9-19)10-11-23(32)36-13-3-12-30/h2,4-9,15,22,25-28,30-31,33-35H,3,10-14,16H2,1H3/t22-,25-,26+,27-,28+/m1/s1. The van der Waals surface area contributed by atoms with Crippen LogP contribution in [0.1, 0.15) is 41.2 Å². The lowest BCUT2D eigenvalue weighted by molar-refractivity contribution is -0.231. The number of benzene rings is 2. The summed E-state index contributed by atoms with van der Waals surface area (Å²) < 4.78 is 13.0. The Morgan fingerprint density at radius 1 is 1.00 bits per heavy atom. The minimum absolute atomic E-state index is 0.00500. The van der Waals surface area contributed by atoms with E-state index in [2.05, 4.69) is 4.57 Å². The summed E-state index contributed by atoms with van der Waals surface area (Å²) in [5.74, 6) is -0.285. The van der Waals surface area contributed by atoms with Crippen molar-refractivity contribution in [1.29, 1.82) is 0 Å². The highest BCUT2D eigenvalue weighted by atomic mass is 16.5. The minimum Gasteiger partial charge on any atom is -0.466 e. The van der Waals surface area contributed by atoms with Gasteiger partial charge in [-0.15, -0.1) is 0 Å². The lowest BCUT2D eigenvalue weighted by Gasteiger charge is -2.40. The second-order valence-corrected chi connectivity index (χ2v) is 9.55. The summed E-state index contributed by atoms with van der Waals surface area (Å²) in [5.41, 5.74) is 4.72. The molecule has 0 aliphatic carbocycles. The number of carbonyl (C=O) groups is 1. The molecule has 0 unspecified atom stereocenters. The maximum atomic E-state index is 11.8. The Labute approximate surface area is 215 Å². The van der Waals surface area contributed by atoms with Crippen LogP contribution in [0, 0.1) is 6.92 Å². The van der Waals surface area contributed by atoms with E-state index in [1.165, 1.54) is 0 Å². The number of aromatic nitrogens is 1. The second-order valence-electron chi connectivity index (χ2n) is 9.55. The number of esters is 1. The van der Waals surface area contributed by atoms with Crippen LogP contribution >= 0.6 is 0 Å². The third-order valence-corrected chi connectivity index (χ3v) is 6.89. The van der Waals surface area contributed by atoms with Crippen LogP contribution in [0.4, 0.5) is 0 Å². The van der Waals surface area contributed by atoms with E-state index in [4.69, 9.17) is 14.6 Å². The monoisotopic (exact) mass is 513 g/mol. The van der Waals surface area contributed by atoms with Gasteiger partial charge in [0.2, 0.25) is 0 Å². The van der Waals surface area contributed by atoms with Crippen molar-refractivity contribution < 1.29 is 39.8 Å². The predicted molar refractivity (Wildman–Crippen MR) is 136 cm³/mol. The van der Waals surface area contributed by atoms with Gasteiger partial charge < -0.3 is 39.6 Å². The molecule has 0 bridgehead atoms. The summed E-state index contributed by atoms with van der Waals surface area (Å²) in [6.45, 7) is 2.28. The lowest BCUT2D eigenvalue weighted by atomic mass is 9.91. The Bertz CT molecular complexity index is 1190. The smallest absolute Gasteiger partial charge is 0.306 e. The van der Waals surface area contributed by atoms with Crippen LogP contribution < -0.4 is 0 Å². The number of hydrogen-bond acceptors (Lipinski definition) is 8. The van der Waals surface area contributed by atoms with Crippen LogP contribution in [-0.2, 0) is 27.2 Å². The fourth-order valence-electron chi connectivity index (χ4n) is 4.86. The first-order chi connectivity index (χ1) is 17.8. The average molecular weight is 514 g/mol. The van der Waals surface area contributed by atoms with Gasteiger partial charge in [0.1, 0.15) is 30.5 Å². The highest BCUT2D eigenvalue weighted by molar-refractivity contribution is 5.87. The fraction of sp³-hybridized carbons (Fsp3) is 0.464. The maximum Gasteiger partial charge on any atom is 0.306 e. The van der Waals surface area contributed by atoms with Crippen molar-refractivity contribution in [3.63, 3.8) is 0 Å². The highest BCUT2D eigenvalue weighted by Crippen LogP contribution is 2.38. The van der Waals surface area contributed by atoms with Gasteiger partial charge in [-0.05, 0) is 30.0 Å². The van der Waals surface area contributed by atoms with Crippen molar-refractivity contribution in [1.82, 2.24) is 4.57 Å². The van der Waals surface area contributed by atoms with Crippen LogP contribution in [-0.4, -0.2) is 80.3 Å². The lowest BCUT2D eigenvalue weighted by Crippen LogP contribution is -2.55. The zero-order valence-electron chi connectivity index (χ0n) is 20.9. The molecule has 9 heteroatoms. The van der Waals surface area contributed by atoms with Crippen LogP contribution in [0.2, 0.25) is 0 Å². The van der Waals surface area contributed by atoms with Gasteiger partial charge in [-0.1, -0.05) is 42.5 Å². The van der Waals surface area contributed by atoms with E-state index in [0.717, 1.165) is 27.6 Å². The molecule has 1 aliphatic heterocycles. The molecule has 0 amide bonds. The van der Waals surface area contributed by atoms with Gasteiger partial charge in [0.05, 0.1) is 18.7 Å². The SMILES string of the molecule is Cc1cccc2c([C@@H]3O[C@H](CO)[C@@H](O)[C@H](O)[C@H]3O)cn(Cc3ccc(CCC(=O)OCCCO)cc3)c12. The van der Waals surface area contributed by atoms with Crippen molar-refractivity contribution in [2.45, 2.75) is 63.3 Å². The number of aliphatic hydroxyl groups is 5. The molecule has 1 aromatic heterocycles. The Balaban J connectivity index is 1.53. The van der Waals surface area contributed by atoms with Gasteiger partial charge in [0, 0.05) is 43.1 Å². The molecule has 0 radical (unpaired) electrons. The molecule has 0 saturated carbocycles. The molecule has 9 nitrogen and oxygen atoms in total. The molecule has 200 valence electrons. The number of carbonyl (C=O) groups excluding carboxylic acids is 1. The van der Waals surface area contributed by atoms with Gasteiger partial charge >= 0.3 is 5.97 Å². The zero-order chi connectivity index (χ0) is 26.5. The topological polar surface area (TPSA) is 142 Å². The van der Waals surface area contributed by atoms with Gasteiger partial charge in [-0.3, -0.25) is 4.79 Å². The quantitative estimate of drug-likeness (QED) is 0.202. The largest absolute Gasteiger partial charge is 0.466 e. The van der Waals surface area contributed by atoms with Crippen molar-refractivity contribution in [2.75, 3.05) is 19.8 Å². The normalized spacial score (nSPS) is 23.9. The molecular weight excluding hydrogens is 478 g/mol. The number of ether oxygens (including phenoxy) is 2. The summed E-state index contributed by atoms with van der Waals surface area (Å²) in [6.07, 6.45) is -2.95. The van der Waals surface area contributed by atoms with E-state index >= 15 is 0 Å². The number of aliphatic hydroxyl groups excluding tert-OH is 5. The number of rotatable bonds is 10. The molecule has 5 atom stereocenters. The van der Waals surface area contributed by atoms with E-state index in [-0.39, 0.29) is 25.6 Å². The molecular formula is C28H35NO8. The van der Waals surface area contributed by atoms with E-state index in [9.17, 15) is 25.2 Å². The Hall–Kier alpha value is -2.79. The highest BCUT2D eigenvalue weighted by Gasteiger charge is 2.44. The second kappa shape index (κ2) is 12.2. The summed E-state index contributed by atoms with van der Waals surface area (Å²) in [6, 6.07) is 13.8. The van der Waals surface area contributed by atoms with Gasteiger partial charge in [-0.25, -0.2) is 0 Å². The average Bonchev–Trinajstić information content (AvgIpc) is 3.26. The third kappa shape index (κ3) is 6.04. The van der Waals surface area contributed by atoms with E-state index in [1.54, 1.807) is 0 Å². The fourth-order valence-corrected chi connectivity index (χ4v) is 4.86. The third-order valence-electron chi connectivity index (χ3n) is 6.89. The van der Waals surface area contributed by atoms with Gasteiger partial charge in [0.15, 0.2) is 0 Å². The summed E-state index contributed by atoms with van der Waals surface area (Å²) in [7, 11) is 0. The summed E-state index contributed by atoms with van der Waals surface area (Å²) >= 11 is 0. The number of fused-ring (bicyclic) bond motifs is 1. The van der Waals surface area contributed by atoms with E-state index in [0.29, 0.717) is 24.9 Å². The Kier molecular flexibility index (Phi) is 8.96. The van der Waals surface area contributed by atoms with Crippen LogP contribution in [0.3, 0.4) is 0 Å². The van der Waals surface area contributed by atoms with Crippen molar-refractivity contribution in [2.24, 2.45) is 0 Å². The van der Waals surface area contributed by atoms with E-state index in [1.807, 2.05) is 55.6 Å². The van der Waals surface area contributed by atoms with Crippen molar-refractivity contribution in [3.8, 4) is 0 Å². The molecule has 1 saturated heterocycles. The number of nitrogens with zero attached hydrogens (tertiary/aromatic N) is 1. The summed E-state index contributed by atoms with van der Waals surface area (Å²) in [5, 5.41) is 50.5. The van der Waals surface area contributed by atoms with Crippen LogP contribution in [0.25, 0.3) is 10.9 Å². The molecule has 4 rings (SSSR count). The van der Waals surface area contributed by atoms with Crippen LogP contribution in [0.15, 0.2) is 48.7 Å². The first kappa shape index (κ1) is 27.3. The first-order valence-electron chi connectivity index (χ1n) is 12.6. The molecule has 3 aromatic rings. The Morgan fingerprint density at radius 2 is 1.73 bits per heavy atom. The van der Waals surface area contributed by atoms with Gasteiger partial charge in [-0.2, -0.15) is 0 Å². The van der Waals surface area contributed by atoms with Gasteiger partial charge in [0.25, 0.3) is 0 Å². The number of para-hydroxylation sites is 1. The molecule has 5 N–H and O–H groups in total. The molecule has 37 heavy (non-hydrogen) atoms.